The van der Waals surface area contributed by atoms with E-state index in [1.807, 2.05) is 0 Å². The zero-order chi connectivity index (χ0) is 8.60. The molecule has 70 valence electrons. The quantitative estimate of drug-likeness (QED) is 0.584. The maximum Gasteiger partial charge on any atom is 0.00955 e. The van der Waals surface area contributed by atoms with E-state index in [1.54, 1.807) is 0 Å². The number of nitrogens with one attached hydrogen (secondary N) is 1. The van der Waals surface area contributed by atoms with Gasteiger partial charge in [0.15, 0.2) is 0 Å². The molecule has 1 heteroatoms. The lowest BCUT2D eigenvalue weighted by Crippen LogP contribution is -2.30. The van der Waals surface area contributed by atoms with Gasteiger partial charge in [-0.15, -0.1) is 0 Å². The average Bonchev–Trinajstić information content (AvgIpc) is 2.31. The van der Waals surface area contributed by atoms with Crippen LogP contribution in [0.25, 0.3) is 0 Å². The fourth-order valence-electron chi connectivity index (χ4n) is 2.96. The van der Waals surface area contributed by atoms with Crippen molar-refractivity contribution in [3.63, 3.8) is 0 Å². The van der Waals surface area contributed by atoms with E-state index in [2.05, 4.69) is 19.2 Å². The zero-order valence-electron chi connectivity index (χ0n) is 8.40. The lowest BCUT2D eigenvalue weighted by molar-refractivity contribution is 0.269. The SMILES string of the molecule is CC1(C)CCN[C@@H]2CCC[C@@H]2C1. The lowest BCUT2D eigenvalue weighted by atomic mass is 9.80. The molecule has 1 heterocycles. The number of hydrogen-bond acceptors (Lipinski definition) is 1. The van der Waals surface area contributed by atoms with Gasteiger partial charge in [-0.3, -0.25) is 0 Å². The van der Waals surface area contributed by atoms with Crippen LogP contribution in [0.1, 0.15) is 46.0 Å². The summed E-state index contributed by atoms with van der Waals surface area (Å²) < 4.78 is 0. The van der Waals surface area contributed by atoms with Crippen molar-refractivity contribution < 1.29 is 0 Å². The first-order valence-corrected chi connectivity index (χ1v) is 5.41. The molecule has 1 N–H and O–H groups in total. The molecule has 0 spiro atoms. The van der Waals surface area contributed by atoms with E-state index in [4.69, 9.17) is 0 Å². The number of fused-ring (bicyclic) bond motifs is 1. The van der Waals surface area contributed by atoms with Gasteiger partial charge in [-0.1, -0.05) is 20.3 Å². The summed E-state index contributed by atoms with van der Waals surface area (Å²) >= 11 is 0. The predicted molar refractivity (Wildman–Crippen MR) is 52.1 cm³/mol. The summed E-state index contributed by atoms with van der Waals surface area (Å²) in [6, 6.07) is 0.867. The monoisotopic (exact) mass is 167 g/mol. The Morgan fingerprint density at radius 3 is 2.92 bits per heavy atom. The van der Waals surface area contributed by atoms with Crippen molar-refractivity contribution >= 4 is 0 Å². The van der Waals surface area contributed by atoms with E-state index >= 15 is 0 Å². The van der Waals surface area contributed by atoms with E-state index in [9.17, 15) is 0 Å². The molecule has 0 radical (unpaired) electrons. The molecule has 1 saturated carbocycles. The van der Waals surface area contributed by atoms with E-state index in [-0.39, 0.29) is 0 Å². The Labute approximate surface area is 75.9 Å². The average molecular weight is 167 g/mol. The standard InChI is InChI=1S/C11H21N/c1-11(2)6-7-12-10-5-3-4-9(10)8-11/h9-10,12H,3-8H2,1-2H3/t9-,10-/m1/s1. The van der Waals surface area contributed by atoms with Gasteiger partial charge in [0.05, 0.1) is 0 Å². The molecule has 2 fully saturated rings. The lowest BCUT2D eigenvalue weighted by Gasteiger charge is -2.25. The van der Waals surface area contributed by atoms with Crippen molar-refractivity contribution in [3.8, 4) is 0 Å². The second kappa shape index (κ2) is 3.02. The van der Waals surface area contributed by atoms with Crippen LogP contribution < -0.4 is 5.32 Å². The van der Waals surface area contributed by atoms with E-state index < -0.39 is 0 Å². The Kier molecular flexibility index (Phi) is 2.16. The molecular weight excluding hydrogens is 146 g/mol. The summed E-state index contributed by atoms with van der Waals surface area (Å²) in [7, 11) is 0. The molecule has 2 atom stereocenters. The largest absolute Gasteiger partial charge is 0.314 e. The summed E-state index contributed by atoms with van der Waals surface area (Å²) in [5.41, 5.74) is 0.594. The van der Waals surface area contributed by atoms with Gasteiger partial charge in [0, 0.05) is 6.04 Å². The van der Waals surface area contributed by atoms with Crippen molar-refractivity contribution in [2.45, 2.75) is 52.0 Å². The molecule has 1 saturated heterocycles. The molecule has 2 aliphatic rings. The van der Waals surface area contributed by atoms with Crippen LogP contribution in [0.5, 0.6) is 0 Å². The first-order chi connectivity index (χ1) is 5.67. The second-order valence-corrected chi connectivity index (χ2v) is 5.37. The molecule has 0 aromatic heterocycles. The molecular formula is C11H21N. The van der Waals surface area contributed by atoms with Crippen molar-refractivity contribution in [1.29, 1.82) is 0 Å². The Balaban J connectivity index is 2.04. The molecule has 0 aromatic rings. The third-order valence-electron chi connectivity index (χ3n) is 3.68. The Morgan fingerprint density at radius 2 is 2.08 bits per heavy atom. The van der Waals surface area contributed by atoms with Crippen LogP contribution in [-0.2, 0) is 0 Å². The molecule has 2 rings (SSSR count). The summed E-state index contributed by atoms with van der Waals surface area (Å²) in [4.78, 5) is 0. The first kappa shape index (κ1) is 8.55. The van der Waals surface area contributed by atoms with Gasteiger partial charge in [0.1, 0.15) is 0 Å². The van der Waals surface area contributed by atoms with E-state index in [1.165, 1.54) is 38.6 Å². The van der Waals surface area contributed by atoms with Crippen LogP contribution in [0.2, 0.25) is 0 Å². The van der Waals surface area contributed by atoms with Crippen molar-refractivity contribution in [2.24, 2.45) is 11.3 Å². The van der Waals surface area contributed by atoms with Gasteiger partial charge >= 0.3 is 0 Å². The summed E-state index contributed by atoms with van der Waals surface area (Å²) in [5, 5.41) is 3.70. The van der Waals surface area contributed by atoms with Crippen LogP contribution in [0, 0.1) is 11.3 Å². The normalized spacial score (nSPS) is 40.5. The highest BCUT2D eigenvalue weighted by Crippen LogP contribution is 2.39. The van der Waals surface area contributed by atoms with Gasteiger partial charge < -0.3 is 5.32 Å². The molecule has 12 heavy (non-hydrogen) atoms. The predicted octanol–water partition coefficient (Wildman–Crippen LogP) is 2.56. The maximum absolute atomic E-state index is 3.70. The maximum atomic E-state index is 3.70. The zero-order valence-corrected chi connectivity index (χ0v) is 8.40. The van der Waals surface area contributed by atoms with Gasteiger partial charge in [-0.25, -0.2) is 0 Å². The molecule has 1 nitrogen and oxygen atoms in total. The summed E-state index contributed by atoms with van der Waals surface area (Å²) in [5.74, 6) is 0.988. The fourth-order valence-corrected chi connectivity index (χ4v) is 2.96. The minimum Gasteiger partial charge on any atom is -0.314 e. The highest BCUT2D eigenvalue weighted by Gasteiger charge is 2.34. The summed E-state index contributed by atoms with van der Waals surface area (Å²) in [6.45, 7) is 6.10. The number of rotatable bonds is 0. The highest BCUT2D eigenvalue weighted by atomic mass is 14.9. The minimum absolute atomic E-state index is 0.594. The van der Waals surface area contributed by atoms with Crippen LogP contribution in [-0.4, -0.2) is 12.6 Å². The number of hydrogen-bond donors (Lipinski definition) is 1. The van der Waals surface area contributed by atoms with Crippen LogP contribution in [0.4, 0.5) is 0 Å². The molecule has 0 unspecified atom stereocenters. The smallest absolute Gasteiger partial charge is 0.00955 e. The fraction of sp³-hybridized carbons (Fsp3) is 1.00. The van der Waals surface area contributed by atoms with Crippen LogP contribution in [0.3, 0.4) is 0 Å². The minimum atomic E-state index is 0.594. The Morgan fingerprint density at radius 1 is 1.25 bits per heavy atom. The van der Waals surface area contributed by atoms with Crippen LogP contribution in [0.15, 0.2) is 0 Å². The topological polar surface area (TPSA) is 12.0 Å². The van der Waals surface area contributed by atoms with Crippen LogP contribution >= 0.6 is 0 Å². The third-order valence-corrected chi connectivity index (χ3v) is 3.68. The van der Waals surface area contributed by atoms with Gasteiger partial charge in [0.25, 0.3) is 0 Å². The van der Waals surface area contributed by atoms with Gasteiger partial charge in [0.2, 0.25) is 0 Å². The third kappa shape index (κ3) is 1.66. The van der Waals surface area contributed by atoms with Gasteiger partial charge in [-0.2, -0.15) is 0 Å². The molecule has 0 amide bonds. The van der Waals surface area contributed by atoms with E-state index in [0.717, 1.165) is 12.0 Å². The first-order valence-electron chi connectivity index (χ1n) is 5.41. The second-order valence-electron chi connectivity index (χ2n) is 5.37. The van der Waals surface area contributed by atoms with Crippen molar-refractivity contribution in [3.05, 3.63) is 0 Å². The molecule has 1 aliphatic heterocycles. The van der Waals surface area contributed by atoms with Crippen molar-refractivity contribution in [1.82, 2.24) is 5.32 Å². The van der Waals surface area contributed by atoms with Gasteiger partial charge in [-0.05, 0) is 43.6 Å². The molecule has 0 aromatic carbocycles. The highest BCUT2D eigenvalue weighted by molar-refractivity contribution is 4.90. The molecule has 1 aliphatic carbocycles. The van der Waals surface area contributed by atoms with Crippen molar-refractivity contribution in [2.75, 3.05) is 6.54 Å². The Bertz CT molecular complexity index is 162. The molecule has 0 bridgehead atoms. The summed E-state index contributed by atoms with van der Waals surface area (Å²) in [6.07, 6.45) is 7.17. The van der Waals surface area contributed by atoms with E-state index in [0.29, 0.717) is 5.41 Å². The Hall–Kier alpha value is -0.0400.